The van der Waals surface area contributed by atoms with E-state index in [-0.39, 0.29) is 11.4 Å². The SMILES string of the molecule is C[C@]12CCOC(=O)C[C@@H]1CCC[C@H]1[C@@H]2CC[C@]2(C)[C@@H](OCc3ccccc3)CC[C@@H]12. The number of rotatable bonds is 3. The van der Waals surface area contributed by atoms with Crippen LogP contribution in [-0.4, -0.2) is 18.7 Å². The van der Waals surface area contributed by atoms with Gasteiger partial charge in [0.1, 0.15) is 0 Å². The van der Waals surface area contributed by atoms with Gasteiger partial charge < -0.3 is 9.47 Å². The zero-order valence-corrected chi connectivity index (χ0v) is 18.8. The van der Waals surface area contributed by atoms with Crippen LogP contribution in [-0.2, 0) is 20.9 Å². The summed E-state index contributed by atoms with van der Waals surface area (Å²) in [7, 11) is 0. The van der Waals surface area contributed by atoms with Crippen molar-refractivity contribution in [2.45, 2.75) is 84.3 Å². The van der Waals surface area contributed by atoms with Gasteiger partial charge in [0.05, 0.1) is 19.3 Å². The highest BCUT2D eigenvalue weighted by Gasteiger charge is 2.59. The predicted octanol–water partition coefficient (Wildman–Crippen LogP) is 6.16. The van der Waals surface area contributed by atoms with E-state index < -0.39 is 0 Å². The summed E-state index contributed by atoms with van der Waals surface area (Å²) < 4.78 is 12.1. The van der Waals surface area contributed by atoms with Gasteiger partial charge in [-0.05, 0) is 85.0 Å². The lowest BCUT2D eigenvalue weighted by atomic mass is 9.51. The third kappa shape index (κ3) is 3.42. The molecule has 30 heavy (non-hydrogen) atoms. The minimum absolute atomic E-state index is 0.0399. The fourth-order valence-corrected chi connectivity index (χ4v) is 8.11. The summed E-state index contributed by atoms with van der Waals surface area (Å²) in [5, 5.41) is 0. The van der Waals surface area contributed by atoms with Crippen LogP contribution >= 0.6 is 0 Å². The lowest BCUT2D eigenvalue weighted by molar-refractivity contribution is -0.143. The molecule has 5 rings (SSSR count). The van der Waals surface area contributed by atoms with Crippen LogP contribution < -0.4 is 0 Å². The molecule has 3 aliphatic carbocycles. The number of ether oxygens (including phenoxy) is 2. The van der Waals surface area contributed by atoms with E-state index in [1.807, 2.05) is 0 Å². The summed E-state index contributed by atoms with van der Waals surface area (Å²) in [5.74, 6) is 2.85. The summed E-state index contributed by atoms with van der Waals surface area (Å²) in [6.45, 7) is 6.39. The molecule has 3 heteroatoms. The summed E-state index contributed by atoms with van der Waals surface area (Å²) in [4.78, 5) is 12.2. The maximum Gasteiger partial charge on any atom is 0.306 e. The first-order valence-corrected chi connectivity index (χ1v) is 12.3. The zero-order chi connectivity index (χ0) is 20.8. The first-order chi connectivity index (χ1) is 14.5. The molecule has 0 spiro atoms. The molecule has 1 saturated heterocycles. The van der Waals surface area contributed by atoms with E-state index in [0.29, 0.717) is 30.5 Å². The second kappa shape index (κ2) is 7.97. The van der Waals surface area contributed by atoms with E-state index in [9.17, 15) is 4.79 Å². The van der Waals surface area contributed by atoms with Crippen molar-refractivity contribution in [2.24, 2.45) is 34.5 Å². The van der Waals surface area contributed by atoms with Gasteiger partial charge in [0.2, 0.25) is 0 Å². The van der Waals surface area contributed by atoms with Crippen LogP contribution in [0.2, 0.25) is 0 Å². The number of cyclic esters (lactones) is 1. The van der Waals surface area contributed by atoms with Gasteiger partial charge in [-0.1, -0.05) is 50.6 Å². The molecule has 0 bridgehead atoms. The van der Waals surface area contributed by atoms with Crippen molar-refractivity contribution in [3.8, 4) is 0 Å². The van der Waals surface area contributed by atoms with E-state index in [4.69, 9.17) is 9.47 Å². The van der Waals surface area contributed by atoms with E-state index in [2.05, 4.69) is 44.2 Å². The number of hydrogen-bond donors (Lipinski definition) is 0. The fourth-order valence-electron chi connectivity index (χ4n) is 8.11. The molecule has 1 aromatic rings. The summed E-state index contributed by atoms with van der Waals surface area (Å²) >= 11 is 0. The van der Waals surface area contributed by atoms with Gasteiger partial charge in [-0.15, -0.1) is 0 Å². The highest BCUT2D eigenvalue weighted by atomic mass is 16.5. The Morgan fingerprint density at radius 1 is 0.967 bits per heavy atom. The van der Waals surface area contributed by atoms with E-state index in [1.165, 1.54) is 50.5 Å². The monoisotopic (exact) mass is 410 g/mol. The lowest BCUT2D eigenvalue weighted by Crippen LogP contribution is -2.49. The van der Waals surface area contributed by atoms with Crippen LogP contribution in [0.25, 0.3) is 0 Å². The molecule has 4 aliphatic rings. The molecule has 3 saturated carbocycles. The van der Waals surface area contributed by atoms with Gasteiger partial charge in [-0.3, -0.25) is 4.79 Å². The molecule has 1 aromatic carbocycles. The fraction of sp³-hybridized carbons (Fsp3) is 0.741. The molecule has 4 fully saturated rings. The maximum atomic E-state index is 12.2. The van der Waals surface area contributed by atoms with Crippen LogP contribution in [0.15, 0.2) is 30.3 Å². The molecule has 1 heterocycles. The second-order valence-electron chi connectivity index (χ2n) is 11.1. The first kappa shape index (κ1) is 20.5. The van der Waals surface area contributed by atoms with Crippen LogP contribution in [0.3, 0.4) is 0 Å². The van der Waals surface area contributed by atoms with Gasteiger partial charge in [0.25, 0.3) is 0 Å². The standard InChI is InChI=1S/C27H38O3/c1-26-15-16-29-25(28)17-20(26)9-6-10-21-22-11-12-24(27(22,2)14-13-23(21)26)30-18-19-7-4-3-5-8-19/h3-5,7-8,20-24H,6,9-18H2,1-2H3/t20-,21+,22-,23-,24-,26-,27-/m0/s1. The third-order valence-corrected chi connectivity index (χ3v) is 9.83. The normalized spacial score (nSPS) is 43.5. The Morgan fingerprint density at radius 2 is 1.77 bits per heavy atom. The van der Waals surface area contributed by atoms with Gasteiger partial charge in [0, 0.05) is 6.42 Å². The number of esters is 1. The molecular formula is C27H38O3. The molecule has 0 radical (unpaired) electrons. The van der Waals surface area contributed by atoms with Gasteiger partial charge in [-0.25, -0.2) is 0 Å². The molecule has 1 aliphatic heterocycles. The Bertz CT molecular complexity index is 761. The number of fused-ring (bicyclic) bond motifs is 5. The van der Waals surface area contributed by atoms with Crippen molar-refractivity contribution in [2.75, 3.05) is 6.61 Å². The van der Waals surface area contributed by atoms with Crippen LogP contribution in [0, 0.1) is 34.5 Å². The number of benzene rings is 1. The average molecular weight is 411 g/mol. The van der Waals surface area contributed by atoms with E-state index in [0.717, 1.165) is 30.8 Å². The topological polar surface area (TPSA) is 35.5 Å². The summed E-state index contributed by atoms with van der Waals surface area (Å²) in [5.41, 5.74) is 1.85. The molecule has 164 valence electrons. The van der Waals surface area contributed by atoms with Crippen molar-refractivity contribution in [3.63, 3.8) is 0 Å². The van der Waals surface area contributed by atoms with Crippen molar-refractivity contribution >= 4 is 5.97 Å². The Hall–Kier alpha value is -1.35. The lowest BCUT2D eigenvalue weighted by Gasteiger charge is -2.54. The van der Waals surface area contributed by atoms with Gasteiger partial charge >= 0.3 is 5.97 Å². The minimum atomic E-state index is 0.0399. The van der Waals surface area contributed by atoms with Gasteiger partial charge in [0.15, 0.2) is 0 Å². The Morgan fingerprint density at radius 3 is 2.60 bits per heavy atom. The van der Waals surface area contributed by atoms with Crippen molar-refractivity contribution < 1.29 is 14.3 Å². The van der Waals surface area contributed by atoms with E-state index >= 15 is 0 Å². The summed E-state index contributed by atoms with van der Waals surface area (Å²) in [6, 6.07) is 10.6. The smallest absolute Gasteiger partial charge is 0.306 e. The van der Waals surface area contributed by atoms with Crippen molar-refractivity contribution in [1.29, 1.82) is 0 Å². The minimum Gasteiger partial charge on any atom is -0.466 e. The van der Waals surface area contributed by atoms with Gasteiger partial charge in [-0.2, -0.15) is 0 Å². The zero-order valence-electron chi connectivity index (χ0n) is 18.8. The molecule has 0 N–H and O–H groups in total. The number of carbonyl (C=O) groups is 1. The molecule has 0 aromatic heterocycles. The first-order valence-electron chi connectivity index (χ1n) is 12.3. The second-order valence-corrected chi connectivity index (χ2v) is 11.1. The van der Waals surface area contributed by atoms with Crippen LogP contribution in [0.4, 0.5) is 0 Å². The molecular weight excluding hydrogens is 372 g/mol. The molecule has 3 nitrogen and oxygen atoms in total. The van der Waals surface area contributed by atoms with E-state index in [1.54, 1.807) is 0 Å². The predicted molar refractivity (Wildman–Crippen MR) is 118 cm³/mol. The Labute approximate surface area is 181 Å². The quantitative estimate of drug-likeness (QED) is 0.560. The highest BCUT2D eigenvalue weighted by Crippen LogP contribution is 2.64. The average Bonchev–Trinajstić information content (AvgIpc) is 2.92. The number of hydrogen-bond acceptors (Lipinski definition) is 3. The Kier molecular flexibility index (Phi) is 5.46. The van der Waals surface area contributed by atoms with Crippen LogP contribution in [0.1, 0.15) is 77.2 Å². The van der Waals surface area contributed by atoms with Crippen LogP contribution in [0.5, 0.6) is 0 Å². The molecule has 7 atom stereocenters. The maximum absolute atomic E-state index is 12.2. The third-order valence-electron chi connectivity index (χ3n) is 9.83. The summed E-state index contributed by atoms with van der Waals surface area (Å²) in [6.07, 6.45) is 11.0. The highest BCUT2D eigenvalue weighted by molar-refractivity contribution is 5.70. The van der Waals surface area contributed by atoms with Crippen molar-refractivity contribution in [1.82, 2.24) is 0 Å². The molecule has 0 amide bonds. The van der Waals surface area contributed by atoms with Crippen molar-refractivity contribution in [3.05, 3.63) is 35.9 Å². The largest absolute Gasteiger partial charge is 0.466 e. The molecule has 0 unspecified atom stereocenters. The number of carbonyl (C=O) groups excluding carboxylic acids is 1. The Balaban J connectivity index is 1.35.